The molecule has 0 radical (unpaired) electrons. The van der Waals surface area contributed by atoms with Gasteiger partial charge in [0.2, 0.25) is 0 Å². The number of nitrogens with two attached hydrogens (primary N) is 1. The molecule has 1 heterocycles. The quantitative estimate of drug-likeness (QED) is 0.770. The molecule has 0 spiro atoms. The Morgan fingerprint density at radius 2 is 1.88 bits per heavy atom. The first-order chi connectivity index (χ1) is 7.50. The maximum atomic E-state index is 11.8. The molecule has 6 heteroatoms. The summed E-state index contributed by atoms with van der Waals surface area (Å²) in [6.07, 6.45) is -0.317. The molecule has 2 N–H and O–H groups in total. The fourth-order valence-corrected chi connectivity index (χ4v) is 2.92. The highest BCUT2D eigenvalue weighted by Gasteiger charge is 2.40. The van der Waals surface area contributed by atoms with Crippen molar-refractivity contribution >= 4 is 13.2 Å². The summed E-state index contributed by atoms with van der Waals surface area (Å²) in [7, 11) is -2.28. The molecule has 0 aromatic carbocycles. The van der Waals surface area contributed by atoms with Gasteiger partial charge in [-0.25, -0.2) is 4.79 Å². The van der Waals surface area contributed by atoms with Gasteiger partial charge in [0.15, 0.2) is 0 Å². The molecule has 0 aromatic heterocycles. The van der Waals surface area contributed by atoms with E-state index in [2.05, 4.69) is 0 Å². The Morgan fingerprint density at radius 1 is 1.41 bits per heavy atom. The van der Waals surface area contributed by atoms with E-state index in [-0.39, 0.29) is 17.8 Å². The van der Waals surface area contributed by atoms with Crippen molar-refractivity contribution in [2.45, 2.75) is 32.2 Å². The van der Waals surface area contributed by atoms with Gasteiger partial charge in [-0.2, -0.15) is 0 Å². The fraction of sp³-hybridized carbons (Fsp3) is 0.909. The van der Waals surface area contributed by atoms with Gasteiger partial charge in [0.1, 0.15) is 5.60 Å². The fourth-order valence-electron chi connectivity index (χ4n) is 1.71. The topological polar surface area (TPSA) is 72.6 Å². The number of hydrogen-bond donors (Lipinski definition) is 1. The van der Waals surface area contributed by atoms with Gasteiger partial charge in [-0.05, 0) is 34.1 Å². The molecule has 0 unspecified atom stereocenters. The highest BCUT2D eigenvalue weighted by molar-refractivity contribution is 7.63. The van der Waals surface area contributed by atoms with Crippen LogP contribution in [-0.2, 0) is 9.30 Å². The van der Waals surface area contributed by atoms with E-state index in [4.69, 9.17) is 10.5 Å². The Hall–Kier alpha value is -0.540. The Labute approximate surface area is 103 Å². The molecule has 17 heavy (non-hydrogen) atoms. The van der Waals surface area contributed by atoms with Crippen molar-refractivity contribution in [3.05, 3.63) is 0 Å². The second-order valence-electron chi connectivity index (χ2n) is 6.07. The maximum Gasteiger partial charge on any atom is 0.410 e. The molecular weight excluding hydrogens is 239 g/mol. The van der Waals surface area contributed by atoms with Gasteiger partial charge in [0.25, 0.3) is 0 Å². The Kier molecular flexibility index (Phi) is 3.94. The standard InChI is InChI=1S/C11H23N2O3P/c1-11(2,3)16-10(14)13-6-8(7-13)9(12)17(4,5)15/h8-9H,6-7,12H2,1-5H3/t9-/m1/s1. The lowest BCUT2D eigenvalue weighted by atomic mass is 10.0. The molecule has 100 valence electrons. The molecule has 1 rings (SSSR count). The summed E-state index contributed by atoms with van der Waals surface area (Å²) in [6.45, 7) is 9.96. The lowest BCUT2D eigenvalue weighted by Crippen LogP contribution is -2.57. The third-order valence-electron chi connectivity index (χ3n) is 2.76. The normalized spacial score (nSPS) is 19.8. The van der Waals surface area contributed by atoms with E-state index >= 15 is 0 Å². The number of hydrogen-bond acceptors (Lipinski definition) is 4. The summed E-state index contributed by atoms with van der Waals surface area (Å²) in [5.41, 5.74) is 5.43. The van der Waals surface area contributed by atoms with Crippen molar-refractivity contribution < 1.29 is 14.1 Å². The van der Waals surface area contributed by atoms with E-state index in [1.807, 2.05) is 20.8 Å². The van der Waals surface area contributed by atoms with Crippen LogP contribution in [0.3, 0.4) is 0 Å². The molecular formula is C11H23N2O3P. The number of ether oxygens (including phenoxy) is 1. The molecule has 5 nitrogen and oxygen atoms in total. The summed E-state index contributed by atoms with van der Waals surface area (Å²) in [5, 5.41) is 0. The van der Waals surface area contributed by atoms with Crippen LogP contribution in [0.1, 0.15) is 20.8 Å². The summed E-state index contributed by atoms with van der Waals surface area (Å²) >= 11 is 0. The number of carbonyl (C=O) groups excluding carboxylic acids is 1. The van der Waals surface area contributed by atoms with Crippen molar-refractivity contribution in [3.8, 4) is 0 Å². The van der Waals surface area contributed by atoms with Crippen LogP contribution in [0.5, 0.6) is 0 Å². The second kappa shape index (κ2) is 4.62. The SMILES string of the molecule is CC(C)(C)OC(=O)N1CC([C@H](N)P(C)(C)=O)C1. The van der Waals surface area contributed by atoms with Gasteiger partial charge in [0.05, 0.1) is 12.9 Å². The van der Waals surface area contributed by atoms with Crippen molar-refractivity contribution in [2.75, 3.05) is 26.4 Å². The van der Waals surface area contributed by atoms with Crippen molar-refractivity contribution in [3.63, 3.8) is 0 Å². The average molecular weight is 262 g/mol. The smallest absolute Gasteiger partial charge is 0.410 e. The van der Waals surface area contributed by atoms with Gasteiger partial charge in [-0.3, -0.25) is 0 Å². The predicted octanol–water partition coefficient (Wildman–Crippen LogP) is 1.76. The van der Waals surface area contributed by atoms with Crippen LogP contribution in [0.15, 0.2) is 0 Å². The zero-order valence-corrected chi connectivity index (χ0v) is 12.2. The minimum absolute atomic E-state index is 0.128. The third kappa shape index (κ3) is 4.00. The summed E-state index contributed by atoms with van der Waals surface area (Å²) in [4.78, 5) is 13.3. The monoisotopic (exact) mass is 262 g/mol. The molecule has 1 amide bonds. The first-order valence-corrected chi connectivity index (χ1v) is 8.46. The van der Waals surface area contributed by atoms with Crippen LogP contribution in [0.2, 0.25) is 0 Å². The molecule has 0 saturated carbocycles. The Bertz CT molecular complexity index is 339. The van der Waals surface area contributed by atoms with Crippen molar-refractivity contribution in [1.29, 1.82) is 0 Å². The molecule has 1 saturated heterocycles. The van der Waals surface area contributed by atoms with Crippen LogP contribution < -0.4 is 5.73 Å². The molecule has 1 aliphatic heterocycles. The predicted molar refractivity (Wildman–Crippen MR) is 68.7 cm³/mol. The van der Waals surface area contributed by atoms with Gasteiger partial charge in [0, 0.05) is 19.0 Å². The highest BCUT2D eigenvalue weighted by atomic mass is 31.2. The number of rotatable bonds is 2. The molecule has 0 aromatic rings. The number of likely N-dealkylation sites (tertiary alicyclic amines) is 1. The number of amides is 1. The first-order valence-electron chi connectivity index (χ1n) is 5.79. The van der Waals surface area contributed by atoms with Crippen LogP contribution in [0.25, 0.3) is 0 Å². The maximum absolute atomic E-state index is 11.8. The zero-order valence-electron chi connectivity index (χ0n) is 11.3. The van der Waals surface area contributed by atoms with Gasteiger partial charge in [-0.15, -0.1) is 0 Å². The van der Waals surface area contributed by atoms with Crippen LogP contribution in [0, 0.1) is 5.92 Å². The van der Waals surface area contributed by atoms with Crippen molar-refractivity contribution in [2.24, 2.45) is 11.7 Å². The van der Waals surface area contributed by atoms with E-state index in [9.17, 15) is 9.36 Å². The third-order valence-corrected chi connectivity index (χ3v) is 4.62. The molecule has 0 aliphatic carbocycles. The molecule has 1 aliphatic rings. The zero-order chi connectivity index (χ0) is 13.4. The number of carbonyl (C=O) groups is 1. The van der Waals surface area contributed by atoms with Crippen LogP contribution >= 0.6 is 7.14 Å². The first kappa shape index (κ1) is 14.5. The second-order valence-corrected chi connectivity index (χ2v) is 9.53. The van der Waals surface area contributed by atoms with E-state index in [1.165, 1.54) is 0 Å². The van der Waals surface area contributed by atoms with Crippen LogP contribution in [0.4, 0.5) is 4.79 Å². The number of nitrogens with zero attached hydrogens (tertiary/aromatic N) is 1. The Balaban J connectivity index is 2.42. The Morgan fingerprint density at radius 3 is 2.24 bits per heavy atom. The van der Waals surface area contributed by atoms with Gasteiger partial charge < -0.3 is 19.9 Å². The molecule has 1 atom stereocenters. The molecule has 1 fully saturated rings. The van der Waals surface area contributed by atoms with Gasteiger partial charge >= 0.3 is 6.09 Å². The largest absolute Gasteiger partial charge is 0.444 e. The van der Waals surface area contributed by atoms with E-state index in [1.54, 1.807) is 18.2 Å². The minimum Gasteiger partial charge on any atom is -0.444 e. The summed E-state index contributed by atoms with van der Waals surface area (Å²) in [5.74, 6) is -0.190. The van der Waals surface area contributed by atoms with E-state index in [0.717, 1.165) is 0 Å². The average Bonchev–Trinajstić information content (AvgIpc) is 1.94. The summed E-state index contributed by atoms with van der Waals surface area (Å²) in [6, 6.07) is 0. The van der Waals surface area contributed by atoms with E-state index < -0.39 is 12.7 Å². The van der Waals surface area contributed by atoms with Crippen molar-refractivity contribution in [1.82, 2.24) is 4.90 Å². The van der Waals surface area contributed by atoms with E-state index in [0.29, 0.717) is 13.1 Å². The van der Waals surface area contributed by atoms with Crippen LogP contribution in [-0.4, -0.2) is 48.8 Å². The van der Waals surface area contributed by atoms with Gasteiger partial charge in [-0.1, -0.05) is 0 Å². The minimum atomic E-state index is -2.28. The molecule has 0 bridgehead atoms. The lowest BCUT2D eigenvalue weighted by molar-refractivity contribution is -0.00138. The lowest BCUT2D eigenvalue weighted by Gasteiger charge is -2.43. The summed E-state index contributed by atoms with van der Waals surface area (Å²) < 4.78 is 17.0. The highest BCUT2D eigenvalue weighted by Crippen LogP contribution is 2.45.